The second-order valence-corrected chi connectivity index (χ2v) is 5.18. The molecule has 1 aliphatic carbocycles. The summed E-state index contributed by atoms with van der Waals surface area (Å²) < 4.78 is 1.90. The first-order valence-electron chi connectivity index (χ1n) is 6.20. The number of nitrogens with zero attached hydrogens (tertiary/aromatic N) is 3. The van der Waals surface area contributed by atoms with E-state index >= 15 is 0 Å². The van der Waals surface area contributed by atoms with E-state index in [9.17, 15) is 4.79 Å². The first kappa shape index (κ1) is 11.2. The highest BCUT2D eigenvalue weighted by Crippen LogP contribution is 2.37. The predicted molar refractivity (Wildman–Crippen MR) is 66.6 cm³/mol. The van der Waals surface area contributed by atoms with Gasteiger partial charge in [0.25, 0.3) is 0 Å². The summed E-state index contributed by atoms with van der Waals surface area (Å²) >= 11 is 0. The van der Waals surface area contributed by atoms with E-state index < -0.39 is 5.97 Å². The largest absolute Gasteiger partial charge is 0.478 e. The molecule has 1 aromatic heterocycles. The highest BCUT2D eigenvalue weighted by atomic mass is 16.4. The smallest absolute Gasteiger partial charge is 0.338 e. The molecule has 3 rings (SSSR count). The van der Waals surface area contributed by atoms with Gasteiger partial charge in [0.2, 0.25) is 0 Å². The van der Waals surface area contributed by atoms with Gasteiger partial charge in [0.15, 0.2) is 0 Å². The first-order valence-corrected chi connectivity index (χ1v) is 6.20. The van der Waals surface area contributed by atoms with Crippen LogP contribution in [0.4, 0.5) is 0 Å². The summed E-state index contributed by atoms with van der Waals surface area (Å²) in [5.41, 5.74) is 1.50. The molecular weight excluding hydrogens is 230 g/mol. The van der Waals surface area contributed by atoms with E-state index in [2.05, 4.69) is 17.2 Å². The zero-order valence-corrected chi connectivity index (χ0v) is 10.3. The van der Waals surface area contributed by atoms with Crippen molar-refractivity contribution in [2.45, 2.75) is 38.1 Å². The molecule has 1 aliphatic rings. The monoisotopic (exact) mass is 245 g/mol. The van der Waals surface area contributed by atoms with Crippen LogP contribution in [0.15, 0.2) is 18.2 Å². The van der Waals surface area contributed by atoms with Gasteiger partial charge in [-0.05, 0) is 31.9 Å². The van der Waals surface area contributed by atoms with Crippen molar-refractivity contribution in [2.24, 2.45) is 0 Å². The van der Waals surface area contributed by atoms with Gasteiger partial charge in [-0.15, -0.1) is 5.10 Å². The van der Waals surface area contributed by atoms with Crippen molar-refractivity contribution in [2.75, 3.05) is 0 Å². The van der Waals surface area contributed by atoms with Gasteiger partial charge in [-0.3, -0.25) is 0 Å². The number of carboxylic acid groups (broad SMARTS) is 1. The second kappa shape index (κ2) is 3.80. The molecule has 0 saturated heterocycles. The van der Waals surface area contributed by atoms with Gasteiger partial charge >= 0.3 is 5.97 Å². The van der Waals surface area contributed by atoms with Gasteiger partial charge < -0.3 is 5.11 Å². The third-order valence-corrected chi connectivity index (χ3v) is 3.90. The molecule has 1 fully saturated rings. The van der Waals surface area contributed by atoms with Gasteiger partial charge in [0, 0.05) is 0 Å². The molecule has 94 valence electrons. The van der Waals surface area contributed by atoms with E-state index in [-0.39, 0.29) is 11.1 Å². The minimum atomic E-state index is -0.954. The van der Waals surface area contributed by atoms with Crippen LogP contribution in [0.1, 0.15) is 43.0 Å². The molecule has 5 nitrogen and oxygen atoms in total. The molecule has 0 aliphatic heterocycles. The number of aromatic carboxylic acids is 1. The first-order chi connectivity index (χ1) is 8.62. The molecular formula is C13H15N3O2. The molecule has 1 saturated carbocycles. The summed E-state index contributed by atoms with van der Waals surface area (Å²) in [5.74, 6) is -0.954. The van der Waals surface area contributed by atoms with Gasteiger partial charge in [0.1, 0.15) is 5.52 Å². The van der Waals surface area contributed by atoms with Gasteiger partial charge in [-0.1, -0.05) is 24.1 Å². The Bertz CT molecular complexity index is 612. The molecule has 5 heteroatoms. The highest BCUT2D eigenvalue weighted by molar-refractivity contribution is 6.00. The van der Waals surface area contributed by atoms with Crippen LogP contribution < -0.4 is 0 Å². The minimum Gasteiger partial charge on any atom is -0.478 e. The summed E-state index contributed by atoms with van der Waals surface area (Å²) in [7, 11) is 0. The van der Waals surface area contributed by atoms with Crippen LogP contribution in [0.2, 0.25) is 0 Å². The minimum absolute atomic E-state index is 0.0219. The van der Waals surface area contributed by atoms with Crippen molar-refractivity contribution < 1.29 is 9.90 Å². The molecule has 0 amide bonds. The van der Waals surface area contributed by atoms with Gasteiger partial charge in [-0.2, -0.15) is 0 Å². The van der Waals surface area contributed by atoms with Crippen molar-refractivity contribution in [1.82, 2.24) is 15.0 Å². The molecule has 0 spiro atoms. The average Bonchev–Trinajstić information content (AvgIpc) is 2.94. The Kier molecular flexibility index (Phi) is 2.36. The fourth-order valence-corrected chi connectivity index (χ4v) is 2.86. The third kappa shape index (κ3) is 1.50. The summed E-state index contributed by atoms with van der Waals surface area (Å²) in [4.78, 5) is 11.1. The Morgan fingerprint density at radius 2 is 2.11 bits per heavy atom. The number of aromatic nitrogens is 3. The van der Waals surface area contributed by atoms with Crippen molar-refractivity contribution in [3.63, 3.8) is 0 Å². The van der Waals surface area contributed by atoms with E-state index in [1.807, 2.05) is 10.7 Å². The van der Waals surface area contributed by atoms with Crippen LogP contribution in [-0.4, -0.2) is 26.1 Å². The summed E-state index contributed by atoms with van der Waals surface area (Å²) in [6.45, 7) is 2.17. The van der Waals surface area contributed by atoms with Crippen molar-refractivity contribution in [3.05, 3.63) is 23.8 Å². The standard InChI is InChI=1S/C13H15N3O2/c1-13(7-2-3-8-13)16-10-6-4-5-9(12(17)18)11(10)14-15-16/h4-6H,2-3,7-8H2,1H3,(H,17,18). The van der Waals surface area contributed by atoms with E-state index in [0.29, 0.717) is 5.52 Å². The lowest BCUT2D eigenvalue weighted by Gasteiger charge is -2.24. The Balaban J connectivity index is 2.21. The van der Waals surface area contributed by atoms with Crippen LogP contribution in [-0.2, 0) is 5.54 Å². The van der Waals surface area contributed by atoms with E-state index in [1.54, 1.807) is 12.1 Å². The topological polar surface area (TPSA) is 68.0 Å². The number of rotatable bonds is 2. The van der Waals surface area contributed by atoms with E-state index in [0.717, 1.165) is 18.4 Å². The third-order valence-electron chi connectivity index (χ3n) is 3.90. The normalized spacial score (nSPS) is 18.3. The Hall–Kier alpha value is -1.91. The number of carboxylic acids is 1. The summed E-state index contributed by atoms with van der Waals surface area (Å²) in [6.07, 6.45) is 4.53. The number of hydrogen-bond acceptors (Lipinski definition) is 3. The maximum absolute atomic E-state index is 11.1. The van der Waals surface area contributed by atoms with Crippen molar-refractivity contribution in [3.8, 4) is 0 Å². The molecule has 2 aromatic rings. The fourth-order valence-electron chi connectivity index (χ4n) is 2.86. The van der Waals surface area contributed by atoms with E-state index in [1.165, 1.54) is 12.8 Å². The average molecular weight is 245 g/mol. The van der Waals surface area contributed by atoms with Crippen LogP contribution in [0.25, 0.3) is 11.0 Å². The lowest BCUT2D eigenvalue weighted by Crippen LogP contribution is -2.27. The Labute approximate surface area is 104 Å². The van der Waals surface area contributed by atoms with Crippen LogP contribution in [0.3, 0.4) is 0 Å². The summed E-state index contributed by atoms with van der Waals surface area (Å²) in [6, 6.07) is 5.22. The quantitative estimate of drug-likeness (QED) is 0.882. The highest BCUT2D eigenvalue weighted by Gasteiger charge is 2.33. The SMILES string of the molecule is CC1(n2nnc3c(C(=O)O)cccc32)CCCC1. The molecule has 0 bridgehead atoms. The molecule has 0 atom stereocenters. The predicted octanol–water partition coefficient (Wildman–Crippen LogP) is 2.42. The Morgan fingerprint density at radius 3 is 2.78 bits per heavy atom. The number of carbonyl (C=O) groups is 1. The van der Waals surface area contributed by atoms with Crippen LogP contribution in [0.5, 0.6) is 0 Å². The van der Waals surface area contributed by atoms with Gasteiger partial charge in [0.05, 0.1) is 16.6 Å². The van der Waals surface area contributed by atoms with Crippen LogP contribution in [0, 0.1) is 0 Å². The molecule has 1 aromatic carbocycles. The molecule has 1 heterocycles. The lowest BCUT2D eigenvalue weighted by molar-refractivity contribution is 0.0699. The number of fused-ring (bicyclic) bond motifs is 1. The van der Waals surface area contributed by atoms with Crippen LogP contribution >= 0.6 is 0 Å². The summed E-state index contributed by atoms with van der Waals surface area (Å²) in [5, 5.41) is 17.4. The van der Waals surface area contributed by atoms with Crippen molar-refractivity contribution >= 4 is 17.0 Å². The fraction of sp³-hybridized carbons (Fsp3) is 0.462. The zero-order valence-electron chi connectivity index (χ0n) is 10.3. The molecule has 0 radical (unpaired) electrons. The second-order valence-electron chi connectivity index (χ2n) is 5.18. The maximum atomic E-state index is 11.1. The zero-order chi connectivity index (χ0) is 12.8. The molecule has 0 unspecified atom stereocenters. The maximum Gasteiger partial charge on any atom is 0.338 e. The lowest BCUT2D eigenvalue weighted by atomic mass is 10.0. The molecule has 18 heavy (non-hydrogen) atoms. The van der Waals surface area contributed by atoms with E-state index in [4.69, 9.17) is 5.11 Å². The molecule has 1 N–H and O–H groups in total. The van der Waals surface area contributed by atoms with Crippen molar-refractivity contribution in [1.29, 1.82) is 0 Å². The van der Waals surface area contributed by atoms with Gasteiger partial charge in [-0.25, -0.2) is 9.48 Å². The Morgan fingerprint density at radius 1 is 1.39 bits per heavy atom. The number of hydrogen-bond donors (Lipinski definition) is 1. The number of benzene rings is 1.